The Bertz CT molecular complexity index is 643. The first-order chi connectivity index (χ1) is 12.3. The van der Waals surface area contributed by atoms with Crippen LogP contribution >= 0.6 is 24.8 Å². The third-order valence-electron chi connectivity index (χ3n) is 5.41. The summed E-state index contributed by atoms with van der Waals surface area (Å²) in [4.78, 5) is 15.7. The number of halogens is 5. The minimum absolute atomic E-state index is 0. The summed E-state index contributed by atoms with van der Waals surface area (Å²) >= 11 is 0. The van der Waals surface area contributed by atoms with Crippen LogP contribution in [0.15, 0.2) is 0 Å². The maximum Gasteiger partial charge on any atom is 0.403 e. The standard InChI is InChI=1S/C16H25F3N6O.2ClH/c1-11-14(21-22-25(11)13-3-5-20-6-4-13)15(26)24-9-7-23(8-10-24)12(2)16(17,18)19;;/h12-13,20H,3-10H2,1-2H3;2*1H. The van der Waals surface area contributed by atoms with Crippen LogP contribution in [0, 0.1) is 6.92 Å². The van der Waals surface area contributed by atoms with E-state index in [9.17, 15) is 18.0 Å². The van der Waals surface area contributed by atoms with E-state index in [4.69, 9.17) is 0 Å². The first-order valence-corrected chi connectivity index (χ1v) is 9.01. The molecule has 0 aromatic carbocycles. The number of amides is 1. The number of piperazine rings is 1. The van der Waals surface area contributed by atoms with E-state index in [-0.39, 0.29) is 62.9 Å². The number of nitrogens with one attached hydrogen (secondary N) is 1. The number of alkyl halides is 3. The molecule has 12 heteroatoms. The average molecular weight is 447 g/mol. The van der Waals surface area contributed by atoms with Gasteiger partial charge in [0.05, 0.1) is 11.7 Å². The lowest BCUT2D eigenvalue weighted by Crippen LogP contribution is -2.54. The van der Waals surface area contributed by atoms with E-state index in [2.05, 4.69) is 15.6 Å². The summed E-state index contributed by atoms with van der Waals surface area (Å²) in [5.41, 5.74) is 1.04. The topological polar surface area (TPSA) is 66.3 Å². The molecule has 1 N–H and O–H groups in total. The Morgan fingerprint density at radius 2 is 1.71 bits per heavy atom. The highest BCUT2D eigenvalue weighted by molar-refractivity contribution is 5.93. The maximum atomic E-state index is 12.8. The van der Waals surface area contributed by atoms with Crippen molar-refractivity contribution in [3.63, 3.8) is 0 Å². The number of hydrogen-bond donors (Lipinski definition) is 1. The van der Waals surface area contributed by atoms with Gasteiger partial charge in [-0.05, 0) is 39.8 Å². The van der Waals surface area contributed by atoms with Crippen LogP contribution in [0.4, 0.5) is 13.2 Å². The maximum absolute atomic E-state index is 12.8. The molecule has 3 heterocycles. The van der Waals surface area contributed by atoms with Crippen LogP contribution in [-0.4, -0.2) is 82.2 Å². The first kappa shape index (κ1) is 24.9. The minimum atomic E-state index is -4.25. The quantitative estimate of drug-likeness (QED) is 0.769. The van der Waals surface area contributed by atoms with E-state index in [1.807, 2.05) is 11.6 Å². The molecule has 2 saturated heterocycles. The largest absolute Gasteiger partial charge is 0.403 e. The van der Waals surface area contributed by atoms with Gasteiger partial charge in [-0.2, -0.15) is 13.2 Å². The molecule has 0 aliphatic carbocycles. The van der Waals surface area contributed by atoms with Crippen molar-refractivity contribution < 1.29 is 18.0 Å². The fraction of sp³-hybridized carbons (Fsp3) is 0.812. The van der Waals surface area contributed by atoms with E-state index in [1.54, 1.807) is 4.90 Å². The fourth-order valence-electron chi connectivity index (χ4n) is 3.61. The molecular weight excluding hydrogens is 420 g/mol. The van der Waals surface area contributed by atoms with Crippen molar-refractivity contribution in [2.24, 2.45) is 0 Å². The van der Waals surface area contributed by atoms with Gasteiger partial charge in [0, 0.05) is 26.2 Å². The van der Waals surface area contributed by atoms with Gasteiger partial charge in [-0.25, -0.2) is 4.68 Å². The van der Waals surface area contributed by atoms with E-state index in [0.717, 1.165) is 38.5 Å². The molecule has 0 spiro atoms. The Morgan fingerprint density at radius 3 is 2.25 bits per heavy atom. The van der Waals surface area contributed by atoms with Gasteiger partial charge >= 0.3 is 6.18 Å². The summed E-state index contributed by atoms with van der Waals surface area (Å²) in [6, 6.07) is -1.27. The molecule has 1 unspecified atom stereocenters. The van der Waals surface area contributed by atoms with Crippen molar-refractivity contribution in [2.75, 3.05) is 39.3 Å². The van der Waals surface area contributed by atoms with E-state index < -0.39 is 12.2 Å². The van der Waals surface area contributed by atoms with Crippen LogP contribution in [0.5, 0.6) is 0 Å². The van der Waals surface area contributed by atoms with Crippen molar-refractivity contribution >= 4 is 30.7 Å². The summed E-state index contributed by atoms with van der Waals surface area (Å²) in [5.74, 6) is -0.248. The highest BCUT2D eigenvalue weighted by atomic mass is 35.5. The third-order valence-corrected chi connectivity index (χ3v) is 5.41. The number of piperidine rings is 1. The molecular formula is C16H27Cl2F3N6O. The Kier molecular flexibility index (Phi) is 8.98. The number of nitrogens with zero attached hydrogens (tertiary/aromatic N) is 5. The molecule has 162 valence electrons. The normalized spacial score (nSPS) is 20.2. The Hall–Kier alpha value is -1.10. The Labute approximate surface area is 174 Å². The van der Waals surface area contributed by atoms with Crippen molar-refractivity contribution in [3.8, 4) is 0 Å². The van der Waals surface area contributed by atoms with Gasteiger partial charge in [-0.1, -0.05) is 5.21 Å². The summed E-state index contributed by atoms with van der Waals surface area (Å²) in [6.07, 6.45) is -2.38. The molecule has 28 heavy (non-hydrogen) atoms. The smallest absolute Gasteiger partial charge is 0.335 e. The Balaban J connectivity index is 0.00000196. The van der Waals surface area contributed by atoms with Crippen LogP contribution in [0.25, 0.3) is 0 Å². The molecule has 0 saturated carbocycles. The van der Waals surface area contributed by atoms with Gasteiger partial charge in [-0.3, -0.25) is 9.69 Å². The predicted octanol–water partition coefficient (Wildman–Crippen LogP) is 2.06. The number of aromatic nitrogens is 3. The van der Waals surface area contributed by atoms with Crippen molar-refractivity contribution in [2.45, 2.75) is 44.9 Å². The Morgan fingerprint density at radius 1 is 1.14 bits per heavy atom. The molecule has 2 fully saturated rings. The van der Waals surface area contributed by atoms with Gasteiger partial charge in [0.2, 0.25) is 0 Å². The summed E-state index contributed by atoms with van der Waals surface area (Å²) in [5, 5.41) is 11.5. The first-order valence-electron chi connectivity index (χ1n) is 9.01. The van der Waals surface area contributed by atoms with Crippen molar-refractivity contribution in [3.05, 3.63) is 11.4 Å². The van der Waals surface area contributed by atoms with Gasteiger partial charge in [-0.15, -0.1) is 29.9 Å². The van der Waals surface area contributed by atoms with Crippen molar-refractivity contribution in [1.29, 1.82) is 0 Å². The number of carbonyl (C=O) groups excluding carboxylic acids is 1. The second-order valence-electron chi connectivity index (χ2n) is 6.99. The zero-order chi connectivity index (χ0) is 18.9. The average Bonchev–Trinajstić information content (AvgIpc) is 3.02. The third kappa shape index (κ3) is 5.28. The lowest BCUT2D eigenvalue weighted by atomic mass is 10.1. The van der Waals surface area contributed by atoms with E-state index in [0.29, 0.717) is 5.69 Å². The monoisotopic (exact) mass is 446 g/mol. The van der Waals surface area contributed by atoms with Crippen LogP contribution < -0.4 is 5.32 Å². The zero-order valence-electron chi connectivity index (χ0n) is 15.9. The van der Waals surface area contributed by atoms with Crippen LogP contribution in [0.3, 0.4) is 0 Å². The zero-order valence-corrected chi connectivity index (χ0v) is 17.5. The van der Waals surface area contributed by atoms with Crippen LogP contribution in [0.1, 0.15) is 42.0 Å². The molecule has 2 aliphatic heterocycles. The molecule has 1 atom stereocenters. The SMILES string of the molecule is Cc1c(C(=O)N2CCN(C(C)C(F)(F)F)CC2)nnn1C1CCNCC1.Cl.Cl. The summed E-state index contributed by atoms with van der Waals surface area (Å²) in [6.45, 7) is 5.74. The number of rotatable bonds is 3. The molecule has 1 aromatic heterocycles. The molecule has 2 aliphatic rings. The molecule has 1 aromatic rings. The second-order valence-corrected chi connectivity index (χ2v) is 6.99. The number of hydrogen-bond acceptors (Lipinski definition) is 5. The van der Waals surface area contributed by atoms with E-state index >= 15 is 0 Å². The molecule has 0 radical (unpaired) electrons. The van der Waals surface area contributed by atoms with Gasteiger partial charge in [0.15, 0.2) is 5.69 Å². The highest BCUT2D eigenvalue weighted by Crippen LogP contribution is 2.26. The van der Waals surface area contributed by atoms with E-state index in [1.165, 1.54) is 4.90 Å². The molecule has 1 amide bonds. The second kappa shape index (κ2) is 10.1. The summed E-state index contributed by atoms with van der Waals surface area (Å²) in [7, 11) is 0. The summed E-state index contributed by atoms with van der Waals surface area (Å²) < 4.78 is 40.3. The van der Waals surface area contributed by atoms with Gasteiger partial charge < -0.3 is 10.2 Å². The van der Waals surface area contributed by atoms with Gasteiger partial charge in [0.1, 0.15) is 6.04 Å². The predicted molar refractivity (Wildman–Crippen MR) is 103 cm³/mol. The molecule has 7 nitrogen and oxygen atoms in total. The fourth-order valence-corrected chi connectivity index (χ4v) is 3.61. The minimum Gasteiger partial charge on any atom is -0.335 e. The number of carbonyl (C=O) groups is 1. The molecule has 0 bridgehead atoms. The van der Waals surface area contributed by atoms with Gasteiger partial charge in [0.25, 0.3) is 5.91 Å². The van der Waals surface area contributed by atoms with Crippen molar-refractivity contribution in [1.82, 2.24) is 30.1 Å². The lowest BCUT2D eigenvalue weighted by Gasteiger charge is -2.38. The lowest BCUT2D eigenvalue weighted by molar-refractivity contribution is -0.181. The van der Waals surface area contributed by atoms with Crippen LogP contribution in [0.2, 0.25) is 0 Å². The molecule has 3 rings (SSSR count). The highest BCUT2D eigenvalue weighted by Gasteiger charge is 2.41. The van der Waals surface area contributed by atoms with Crippen LogP contribution in [-0.2, 0) is 0 Å².